The summed E-state index contributed by atoms with van der Waals surface area (Å²) in [4.78, 5) is 18.4. The third-order valence-corrected chi connectivity index (χ3v) is 6.53. The Morgan fingerprint density at radius 2 is 1.94 bits per heavy atom. The number of likely N-dealkylation sites (tertiary alicyclic amines) is 1. The van der Waals surface area contributed by atoms with Gasteiger partial charge < -0.3 is 19.8 Å². The maximum atomic E-state index is 12.8. The Bertz CT molecular complexity index is 1070. The van der Waals surface area contributed by atoms with E-state index in [9.17, 15) is 4.79 Å². The predicted molar refractivity (Wildman–Crippen MR) is 124 cm³/mol. The van der Waals surface area contributed by atoms with Crippen LogP contribution in [0.2, 0.25) is 5.02 Å². The Hall–Kier alpha value is -2.70. The molecule has 2 aromatic carbocycles. The zero-order valence-corrected chi connectivity index (χ0v) is 18.8. The number of anilines is 1. The highest BCUT2D eigenvalue weighted by atomic mass is 35.5. The van der Waals surface area contributed by atoms with Crippen molar-refractivity contribution >= 4 is 34.1 Å². The number of aromatic nitrogens is 1. The monoisotopic (exact) mass is 441 g/mol. The smallest absolute Gasteiger partial charge is 0.241 e. The molecule has 31 heavy (non-hydrogen) atoms. The van der Waals surface area contributed by atoms with Crippen LogP contribution in [0.15, 0.2) is 42.6 Å². The van der Waals surface area contributed by atoms with E-state index < -0.39 is 0 Å². The second-order valence-electron chi connectivity index (χ2n) is 7.98. The Morgan fingerprint density at radius 3 is 2.61 bits per heavy atom. The van der Waals surface area contributed by atoms with Crippen molar-refractivity contribution < 1.29 is 14.3 Å². The molecule has 0 spiro atoms. The molecule has 6 nitrogen and oxygen atoms in total. The number of hydrogen-bond donors (Lipinski definition) is 2. The number of benzene rings is 2. The van der Waals surface area contributed by atoms with E-state index in [2.05, 4.69) is 33.5 Å². The van der Waals surface area contributed by atoms with E-state index in [1.165, 1.54) is 10.9 Å². The molecule has 2 heterocycles. The second-order valence-corrected chi connectivity index (χ2v) is 8.39. The molecule has 2 N–H and O–H groups in total. The fourth-order valence-corrected chi connectivity index (χ4v) is 4.60. The molecule has 164 valence electrons. The van der Waals surface area contributed by atoms with Gasteiger partial charge >= 0.3 is 0 Å². The van der Waals surface area contributed by atoms with Crippen molar-refractivity contribution in [2.75, 3.05) is 32.6 Å². The molecule has 1 fully saturated rings. The van der Waals surface area contributed by atoms with Crippen LogP contribution in [0, 0.1) is 0 Å². The number of halogens is 1. The highest BCUT2D eigenvalue weighted by Crippen LogP contribution is 2.35. The standard InChI is InChI=1S/C24H28ClN3O3/c1-15(24(29)27-17-4-7-23(31-3)21(25)12-17)28-10-8-16(9-11-28)20-14-26-22-6-5-18(30-2)13-19(20)22/h4-7,12-16,26H,8-11H2,1-3H3,(H,27,29). The summed E-state index contributed by atoms with van der Waals surface area (Å²) in [6.45, 7) is 3.70. The molecular formula is C24H28ClN3O3. The molecule has 1 unspecified atom stereocenters. The third-order valence-electron chi connectivity index (χ3n) is 6.24. The van der Waals surface area contributed by atoms with Gasteiger partial charge in [0.15, 0.2) is 0 Å². The SMILES string of the molecule is COc1ccc2[nH]cc(C3CCN(C(C)C(=O)Nc4ccc(OC)c(Cl)c4)CC3)c2c1. The average Bonchev–Trinajstić information content (AvgIpc) is 3.22. The molecule has 1 aliphatic heterocycles. The van der Waals surface area contributed by atoms with Crippen molar-refractivity contribution in [3.63, 3.8) is 0 Å². The minimum absolute atomic E-state index is 0.0310. The van der Waals surface area contributed by atoms with Crippen LogP contribution in [0.1, 0.15) is 31.2 Å². The van der Waals surface area contributed by atoms with E-state index in [4.69, 9.17) is 21.1 Å². The molecule has 0 saturated carbocycles. The first-order valence-electron chi connectivity index (χ1n) is 10.5. The van der Waals surface area contributed by atoms with Gasteiger partial charge in [-0.3, -0.25) is 9.69 Å². The van der Waals surface area contributed by atoms with Crippen LogP contribution >= 0.6 is 11.6 Å². The number of methoxy groups -OCH3 is 2. The summed E-state index contributed by atoms with van der Waals surface area (Å²) in [6.07, 6.45) is 4.14. The zero-order valence-electron chi connectivity index (χ0n) is 18.1. The van der Waals surface area contributed by atoms with Crippen molar-refractivity contribution in [3.8, 4) is 11.5 Å². The van der Waals surface area contributed by atoms with E-state index in [1.54, 1.807) is 32.4 Å². The Labute approximate surface area is 187 Å². The summed E-state index contributed by atoms with van der Waals surface area (Å²) in [5.74, 6) is 1.89. The molecule has 1 amide bonds. The topological polar surface area (TPSA) is 66.6 Å². The summed E-state index contributed by atoms with van der Waals surface area (Å²) in [6, 6.07) is 11.2. The van der Waals surface area contributed by atoms with Crippen molar-refractivity contribution in [2.45, 2.75) is 31.7 Å². The van der Waals surface area contributed by atoms with Gasteiger partial charge in [-0.1, -0.05) is 11.6 Å². The van der Waals surface area contributed by atoms with Gasteiger partial charge in [0.1, 0.15) is 11.5 Å². The number of rotatable bonds is 6. The van der Waals surface area contributed by atoms with Crippen LogP contribution < -0.4 is 14.8 Å². The van der Waals surface area contributed by atoms with E-state index in [1.807, 2.05) is 13.0 Å². The van der Waals surface area contributed by atoms with Gasteiger partial charge in [-0.2, -0.15) is 0 Å². The molecule has 1 aromatic heterocycles. The number of ether oxygens (including phenoxy) is 2. The van der Waals surface area contributed by atoms with Crippen LogP contribution in [-0.4, -0.2) is 49.1 Å². The van der Waals surface area contributed by atoms with Crippen LogP contribution in [-0.2, 0) is 4.79 Å². The molecule has 1 atom stereocenters. The van der Waals surface area contributed by atoms with Crippen LogP contribution in [0.3, 0.4) is 0 Å². The van der Waals surface area contributed by atoms with Gasteiger partial charge in [-0.25, -0.2) is 0 Å². The molecule has 4 rings (SSSR count). The Kier molecular flexibility index (Phi) is 6.39. The number of H-pyrrole nitrogens is 1. The third kappa shape index (κ3) is 4.50. The number of amides is 1. The fourth-order valence-electron chi connectivity index (χ4n) is 4.34. The summed E-state index contributed by atoms with van der Waals surface area (Å²) in [7, 11) is 3.26. The van der Waals surface area contributed by atoms with Crippen molar-refractivity contribution in [3.05, 3.63) is 53.2 Å². The molecule has 3 aromatic rings. The summed E-state index contributed by atoms with van der Waals surface area (Å²) >= 11 is 6.17. The van der Waals surface area contributed by atoms with Gasteiger partial charge in [-0.15, -0.1) is 0 Å². The number of carbonyl (C=O) groups is 1. The first kappa shape index (κ1) is 21.5. The number of nitrogens with one attached hydrogen (secondary N) is 2. The lowest BCUT2D eigenvalue weighted by atomic mass is 9.88. The molecule has 0 aliphatic carbocycles. The molecule has 0 bridgehead atoms. The van der Waals surface area contributed by atoms with Gasteiger partial charge in [0.25, 0.3) is 0 Å². The number of carbonyl (C=O) groups excluding carboxylic acids is 1. The van der Waals surface area contributed by atoms with E-state index in [-0.39, 0.29) is 11.9 Å². The first-order chi connectivity index (χ1) is 15.0. The van der Waals surface area contributed by atoms with Crippen molar-refractivity contribution in [2.24, 2.45) is 0 Å². The number of fused-ring (bicyclic) bond motifs is 1. The maximum absolute atomic E-state index is 12.8. The lowest BCUT2D eigenvalue weighted by Crippen LogP contribution is -2.45. The van der Waals surface area contributed by atoms with E-state index in [0.29, 0.717) is 22.4 Å². The quantitative estimate of drug-likeness (QED) is 0.562. The number of aromatic amines is 1. The normalized spacial score (nSPS) is 16.3. The van der Waals surface area contributed by atoms with E-state index >= 15 is 0 Å². The Morgan fingerprint density at radius 1 is 1.16 bits per heavy atom. The highest BCUT2D eigenvalue weighted by Gasteiger charge is 2.28. The molecule has 7 heteroatoms. The second kappa shape index (κ2) is 9.20. The molecule has 0 radical (unpaired) electrons. The lowest BCUT2D eigenvalue weighted by Gasteiger charge is -2.35. The van der Waals surface area contributed by atoms with Crippen LogP contribution in [0.25, 0.3) is 10.9 Å². The minimum Gasteiger partial charge on any atom is -0.497 e. The molecule has 1 saturated heterocycles. The van der Waals surface area contributed by atoms with E-state index in [0.717, 1.165) is 37.2 Å². The fraction of sp³-hybridized carbons (Fsp3) is 0.375. The van der Waals surface area contributed by atoms with Crippen molar-refractivity contribution in [1.82, 2.24) is 9.88 Å². The number of piperidine rings is 1. The minimum atomic E-state index is -0.218. The van der Waals surface area contributed by atoms with Gasteiger partial charge in [0.05, 0.1) is 25.3 Å². The summed E-state index contributed by atoms with van der Waals surface area (Å²) in [5, 5.41) is 4.67. The van der Waals surface area contributed by atoms with Crippen molar-refractivity contribution in [1.29, 1.82) is 0 Å². The molecule has 1 aliphatic rings. The molecular weight excluding hydrogens is 414 g/mol. The number of hydrogen-bond acceptors (Lipinski definition) is 4. The van der Waals surface area contributed by atoms with Crippen LogP contribution in [0.5, 0.6) is 11.5 Å². The first-order valence-corrected chi connectivity index (χ1v) is 10.9. The Balaban J connectivity index is 1.38. The highest BCUT2D eigenvalue weighted by molar-refractivity contribution is 6.32. The zero-order chi connectivity index (χ0) is 22.0. The summed E-state index contributed by atoms with van der Waals surface area (Å²) < 4.78 is 10.6. The van der Waals surface area contributed by atoms with Gasteiger partial charge in [0, 0.05) is 22.8 Å². The van der Waals surface area contributed by atoms with Gasteiger partial charge in [-0.05, 0) is 80.7 Å². The lowest BCUT2D eigenvalue weighted by molar-refractivity contribution is -0.121. The largest absolute Gasteiger partial charge is 0.497 e. The number of nitrogens with zero attached hydrogens (tertiary/aromatic N) is 1. The van der Waals surface area contributed by atoms with Crippen LogP contribution in [0.4, 0.5) is 5.69 Å². The maximum Gasteiger partial charge on any atom is 0.241 e. The average molecular weight is 442 g/mol. The predicted octanol–water partition coefficient (Wildman–Crippen LogP) is 5.05. The van der Waals surface area contributed by atoms with Gasteiger partial charge in [0.2, 0.25) is 5.91 Å². The summed E-state index contributed by atoms with van der Waals surface area (Å²) in [5.41, 5.74) is 3.13.